The van der Waals surface area contributed by atoms with Crippen molar-refractivity contribution in [2.24, 2.45) is 0 Å². The minimum atomic E-state index is -0.181. The van der Waals surface area contributed by atoms with Crippen LogP contribution in [0, 0.1) is 20.8 Å². The van der Waals surface area contributed by atoms with Crippen LogP contribution in [-0.4, -0.2) is 42.3 Å². The molecule has 0 fully saturated rings. The molecule has 0 aliphatic carbocycles. The molecule has 0 bridgehead atoms. The topological polar surface area (TPSA) is 77.2 Å². The third kappa shape index (κ3) is 4.23. The largest absolute Gasteiger partial charge is 0.358 e. The molecule has 0 aliphatic rings. The fraction of sp³-hybridized carbons (Fsp3) is 0.273. The number of anilines is 2. The Bertz CT molecular complexity index is 1050. The predicted octanol–water partition coefficient (Wildman–Crippen LogP) is 3.85. The van der Waals surface area contributed by atoms with Crippen LogP contribution in [0.5, 0.6) is 0 Å². The number of benzene rings is 2. The quantitative estimate of drug-likeness (QED) is 0.631. The molecule has 3 rings (SSSR count). The smallest absolute Gasteiger partial charge is 0.255 e. The molecule has 0 saturated carbocycles. The normalized spacial score (nSPS) is 11.1. The van der Waals surface area contributed by atoms with Crippen LogP contribution < -0.4 is 10.6 Å². The number of nitrogens with zero attached hydrogens (tertiary/aromatic N) is 1. The molecule has 2 aromatic carbocycles. The SMILES string of the molecule is Cc1ccc(NC(=O)CN(C)C)cc1NC(=O)c1ccc2[nH]c(C)c(C)c2c1. The molecule has 6 nitrogen and oxygen atoms in total. The molecule has 0 radical (unpaired) electrons. The van der Waals surface area contributed by atoms with Crippen molar-refractivity contribution >= 4 is 34.1 Å². The minimum Gasteiger partial charge on any atom is -0.358 e. The number of nitrogens with one attached hydrogen (secondary N) is 3. The van der Waals surface area contributed by atoms with Crippen LogP contribution in [0.2, 0.25) is 0 Å². The number of amides is 2. The molecule has 0 aliphatic heterocycles. The van der Waals surface area contributed by atoms with Crippen LogP contribution in [0.3, 0.4) is 0 Å². The molecule has 1 heterocycles. The van der Waals surface area contributed by atoms with E-state index in [1.165, 1.54) is 0 Å². The molecule has 0 saturated heterocycles. The Morgan fingerprint density at radius 1 is 1.00 bits per heavy atom. The number of hydrogen-bond acceptors (Lipinski definition) is 3. The van der Waals surface area contributed by atoms with Gasteiger partial charge in [-0.05, 0) is 76.3 Å². The van der Waals surface area contributed by atoms with Crippen LogP contribution in [0.15, 0.2) is 36.4 Å². The van der Waals surface area contributed by atoms with Crippen molar-refractivity contribution in [2.75, 3.05) is 31.3 Å². The van der Waals surface area contributed by atoms with Crippen LogP contribution in [0.25, 0.3) is 10.9 Å². The Hall–Kier alpha value is -3.12. The first kappa shape index (κ1) is 19.6. The van der Waals surface area contributed by atoms with Gasteiger partial charge in [-0.1, -0.05) is 6.07 Å². The van der Waals surface area contributed by atoms with Crippen LogP contribution in [0.1, 0.15) is 27.2 Å². The Kier molecular flexibility index (Phi) is 5.51. The summed E-state index contributed by atoms with van der Waals surface area (Å²) in [4.78, 5) is 29.9. The van der Waals surface area contributed by atoms with E-state index in [9.17, 15) is 9.59 Å². The van der Waals surface area contributed by atoms with Crippen molar-refractivity contribution in [2.45, 2.75) is 20.8 Å². The Balaban J connectivity index is 1.80. The maximum absolute atomic E-state index is 12.8. The van der Waals surface area contributed by atoms with Gasteiger partial charge in [0.2, 0.25) is 5.91 Å². The number of aromatic amines is 1. The molecule has 28 heavy (non-hydrogen) atoms. The Morgan fingerprint density at radius 2 is 1.75 bits per heavy atom. The molecule has 1 aromatic heterocycles. The molecule has 0 spiro atoms. The van der Waals surface area contributed by atoms with Gasteiger partial charge in [-0.15, -0.1) is 0 Å². The van der Waals surface area contributed by atoms with E-state index < -0.39 is 0 Å². The summed E-state index contributed by atoms with van der Waals surface area (Å²) in [6, 6.07) is 11.1. The molecular formula is C22H26N4O2. The zero-order chi connectivity index (χ0) is 20.4. The highest BCUT2D eigenvalue weighted by Gasteiger charge is 2.12. The Labute approximate surface area is 164 Å². The monoisotopic (exact) mass is 378 g/mol. The standard InChI is InChI=1S/C22H26N4O2/c1-13-6-8-17(24-21(27)12-26(4)5)11-20(13)25-22(28)16-7-9-19-18(10-16)14(2)15(3)23-19/h6-11,23H,12H2,1-5H3,(H,24,27)(H,25,28). The number of rotatable bonds is 5. The van der Waals surface area contributed by atoms with E-state index in [1.807, 2.05) is 65.2 Å². The third-order valence-electron chi connectivity index (χ3n) is 4.80. The van der Waals surface area contributed by atoms with E-state index in [0.717, 1.165) is 27.7 Å². The number of hydrogen-bond donors (Lipinski definition) is 3. The molecule has 2 amide bonds. The van der Waals surface area contributed by atoms with Gasteiger partial charge in [0.25, 0.3) is 5.91 Å². The molecule has 3 N–H and O–H groups in total. The van der Waals surface area contributed by atoms with Gasteiger partial charge in [-0.3, -0.25) is 9.59 Å². The van der Waals surface area contributed by atoms with E-state index in [-0.39, 0.29) is 11.8 Å². The zero-order valence-corrected chi connectivity index (χ0v) is 16.9. The lowest BCUT2D eigenvalue weighted by Crippen LogP contribution is -2.27. The van der Waals surface area contributed by atoms with E-state index in [1.54, 1.807) is 11.0 Å². The van der Waals surface area contributed by atoms with Crippen molar-refractivity contribution < 1.29 is 9.59 Å². The number of carbonyl (C=O) groups excluding carboxylic acids is 2. The lowest BCUT2D eigenvalue weighted by atomic mass is 10.1. The first-order valence-corrected chi connectivity index (χ1v) is 9.20. The minimum absolute atomic E-state index is 0.102. The molecule has 6 heteroatoms. The van der Waals surface area contributed by atoms with Gasteiger partial charge in [0.05, 0.1) is 6.54 Å². The highest BCUT2D eigenvalue weighted by Crippen LogP contribution is 2.24. The van der Waals surface area contributed by atoms with Crippen molar-refractivity contribution in [3.8, 4) is 0 Å². The number of likely N-dealkylation sites (N-methyl/N-ethyl adjacent to an activating group) is 1. The molecule has 146 valence electrons. The van der Waals surface area contributed by atoms with Crippen molar-refractivity contribution in [1.29, 1.82) is 0 Å². The summed E-state index contributed by atoms with van der Waals surface area (Å²) in [7, 11) is 3.68. The van der Waals surface area contributed by atoms with Gasteiger partial charge in [0, 0.05) is 33.5 Å². The average Bonchev–Trinajstić information content (AvgIpc) is 2.91. The number of carbonyl (C=O) groups is 2. The van der Waals surface area contributed by atoms with Crippen molar-refractivity contribution in [3.63, 3.8) is 0 Å². The van der Waals surface area contributed by atoms with E-state index >= 15 is 0 Å². The van der Waals surface area contributed by atoms with E-state index in [2.05, 4.69) is 15.6 Å². The zero-order valence-electron chi connectivity index (χ0n) is 16.9. The summed E-state index contributed by atoms with van der Waals surface area (Å²) in [6.45, 7) is 6.28. The number of fused-ring (bicyclic) bond motifs is 1. The number of aryl methyl sites for hydroxylation is 3. The second kappa shape index (κ2) is 7.86. The second-order valence-electron chi connectivity index (χ2n) is 7.41. The molecular weight excluding hydrogens is 352 g/mol. The van der Waals surface area contributed by atoms with Gasteiger partial charge in [-0.25, -0.2) is 0 Å². The fourth-order valence-electron chi connectivity index (χ4n) is 3.12. The number of H-pyrrole nitrogens is 1. The first-order chi connectivity index (χ1) is 13.2. The van der Waals surface area contributed by atoms with Gasteiger partial charge < -0.3 is 20.5 Å². The first-order valence-electron chi connectivity index (χ1n) is 9.20. The number of aromatic nitrogens is 1. The molecule has 0 atom stereocenters. The van der Waals surface area contributed by atoms with Gasteiger partial charge in [0.1, 0.15) is 0 Å². The summed E-state index contributed by atoms with van der Waals surface area (Å²) >= 11 is 0. The summed E-state index contributed by atoms with van der Waals surface area (Å²) in [5, 5.41) is 6.86. The fourth-order valence-corrected chi connectivity index (χ4v) is 3.12. The van der Waals surface area contributed by atoms with Gasteiger partial charge >= 0.3 is 0 Å². The predicted molar refractivity (Wildman–Crippen MR) is 114 cm³/mol. The second-order valence-corrected chi connectivity index (χ2v) is 7.41. The van der Waals surface area contributed by atoms with Crippen molar-refractivity contribution in [1.82, 2.24) is 9.88 Å². The van der Waals surface area contributed by atoms with Gasteiger partial charge in [-0.2, -0.15) is 0 Å². The summed E-state index contributed by atoms with van der Waals surface area (Å²) < 4.78 is 0. The maximum atomic E-state index is 12.8. The molecule has 0 unspecified atom stereocenters. The average molecular weight is 378 g/mol. The van der Waals surface area contributed by atoms with E-state index in [4.69, 9.17) is 0 Å². The van der Waals surface area contributed by atoms with Crippen LogP contribution in [-0.2, 0) is 4.79 Å². The lowest BCUT2D eigenvalue weighted by molar-refractivity contribution is -0.116. The van der Waals surface area contributed by atoms with Crippen LogP contribution >= 0.6 is 0 Å². The summed E-state index contributed by atoms with van der Waals surface area (Å²) in [5.41, 5.74) is 6.11. The highest BCUT2D eigenvalue weighted by atomic mass is 16.2. The highest BCUT2D eigenvalue weighted by molar-refractivity contribution is 6.07. The third-order valence-corrected chi connectivity index (χ3v) is 4.80. The summed E-state index contributed by atoms with van der Waals surface area (Å²) in [6.07, 6.45) is 0. The van der Waals surface area contributed by atoms with Gasteiger partial charge in [0.15, 0.2) is 0 Å². The lowest BCUT2D eigenvalue weighted by Gasteiger charge is -2.13. The van der Waals surface area contributed by atoms with Crippen LogP contribution in [0.4, 0.5) is 11.4 Å². The van der Waals surface area contributed by atoms with Crippen molar-refractivity contribution in [3.05, 3.63) is 58.8 Å². The Morgan fingerprint density at radius 3 is 2.46 bits per heavy atom. The van der Waals surface area contributed by atoms with E-state index in [0.29, 0.717) is 23.5 Å². The molecule has 3 aromatic rings. The summed E-state index contributed by atoms with van der Waals surface area (Å²) in [5.74, 6) is -0.282. The maximum Gasteiger partial charge on any atom is 0.255 e.